The van der Waals surface area contributed by atoms with Gasteiger partial charge in [0, 0.05) is 0 Å². The third-order valence-corrected chi connectivity index (χ3v) is 4.40. The second kappa shape index (κ2) is 15.7. The molecular formula is C18H39NO3. The standard InChI is InChI=1S/C18H39NO3/c1-2-3-4-5-6-7-8-9-10-11-12-13-14-17(21)18(22)16(19)15-20/h16-18,20-22H,2-15,19H2,1H3/t16-,17+,18+/m1/s1. The van der Waals surface area contributed by atoms with Crippen LogP contribution in [0.2, 0.25) is 0 Å². The van der Waals surface area contributed by atoms with E-state index in [9.17, 15) is 10.2 Å². The molecule has 22 heavy (non-hydrogen) atoms. The third-order valence-electron chi connectivity index (χ3n) is 4.40. The van der Waals surface area contributed by atoms with Crippen LogP contribution < -0.4 is 5.73 Å². The molecular weight excluding hydrogens is 278 g/mol. The molecule has 0 rings (SSSR count). The van der Waals surface area contributed by atoms with Gasteiger partial charge in [0.05, 0.1) is 24.9 Å². The molecule has 0 radical (unpaired) electrons. The Morgan fingerprint density at radius 2 is 1.14 bits per heavy atom. The van der Waals surface area contributed by atoms with Crippen LogP contribution in [0.5, 0.6) is 0 Å². The highest BCUT2D eigenvalue weighted by atomic mass is 16.3. The number of nitrogens with two attached hydrogens (primary N) is 1. The topological polar surface area (TPSA) is 86.7 Å². The van der Waals surface area contributed by atoms with Crippen molar-refractivity contribution in [2.24, 2.45) is 5.73 Å². The van der Waals surface area contributed by atoms with Crippen molar-refractivity contribution in [2.45, 2.75) is 109 Å². The van der Waals surface area contributed by atoms with Crippen molar-refractivity contribution in [1.82, 2.24) is 0 Å². The predicted octanol–water partition coefficient (Wildman–Crippen LogP) is 3.12. The van der Waals surface area contributed by atoms with Crippen molar-refractivity contribution in [1.29, 1.82) is 0 Å². The maximum Gasteiger partial charge on any atom is 0.0971 e. The lowest BCUT2D eigenvalue weighted by Gasteiger charge is -2.22. The number of hydrogen-bond acceptors (Lipinski definition) is 4. The zero-order valence-corrected chi connectivity index (χ0v) is 14.6. The first-order chi connectivity index (χ1) is 10.6. The van der Waals surface area contributed by atoms with Gasteiger partial charge < -0.3 is 21.1 Å². The van der Waals surface area contributed by atoms with Gasteiger partial charge in [-0.15, -0.1) is 0 Å². The molecule has 0 amide bonds. The lowest BCUT2D eigenvalue weighted by atomic mass is 10.00. The van der Waals surface area contributed by atoms with Crippen LogP contribution in [0.15, 0.2) is 0 Å². The molecule has 4 heteroatoms. The average molecular weight is 318 g/mol. The van der Waals surface area contributed by atoms with E-state index < -0.39 is 18.2 Å². The summed E-state index contributed by atoms with van der Waals surface area (Å²) in [5.41, 5.74) is 5.49. The van der Waals surface area contributed by atoms with Crippen LogP contribution in [0.4, 0.5) is 0 Å². The Morgan fingerprint density at radius 3 is 1.55 bits per heavy atom. The van der Waals surface area contributed by atoms with E-state index in [1.54, 1.807) is 0 Å². The van der Waals surface area contributed by atoms with Crippen LogP contribution in [0.3, 0.4) is 0 Å². The highest BCUT2D eigenvalue weighted by Gasteiger charge is 2.22. The van der Waals surface area contributed by atoms with Gasteiger partial charge in [0.15, 0.2) is 0 Å². The molecule has 4 nitrogen and oxygen atoms in total. The Bertz CT molecular complexity index is 226. The van der Waals surface area contributed by atoms with E-state index in [0.29, 0.717) is 6.42 Å². The maximum absolute atomic E-state index is 9.74. The van der Waals surface area contributed by atoms with Gasteiger partial charge in [0.2, 0.25) is 0 Å². The molecule has 5 N–H and O–H groups in total. The van der Waals surface area contributed by atoms with Crippen molar-refractivity contribution in [2.75, 3.05) is 6.61 Å². The Balaban J connectivity index is 3.26. The van der Waals surface area contributed by atoms with Crippen LogP contribution in [-0.2, 0) is 0 Å². The molecule has 0 aliphatic carbocycles. The Morgan fingerprint density at radius 1 is 0.727 bits per heavy atom. The maximum atomic E-state index is 9.74. The minimum absolute atomic E-state index is 0.295. The molecule has 0 saturated carbocycles. The number of aliphatic hydroxyl groups excluding tert-OH is 3. The van der Waals surface area contributed by atoms with Crippen molar-refractivity contribution in [3.8, 4) is 0 Å². The summed E-state index contributed by atoms with van der Waals surface area (Å²) in [4.78, 5) is 0. The van der Waals surface area contributed by atoms with E-state index >= 15 is 0 Å². The third kappa shape index (κ3) is 12.4. The lowest BCUT2D eigenvalue weighted by Crippen LogP contribution is -2.45. The van der Waals surface area contributed by atoms with Gasteiger partial charge in [-0.3, -0.25) is 0 Å². The van der Waals surface area contributed by atoms with Crippen molar-refractivity contribution in [3.05, 3.63) is 0 Å². The Labute approximate surface area is 137 Å². The monoisotopic (exact) mass is 317 g/mol. The van der Waals surface area contributed by atoms with Crippen molar-refractivity contribution < 1.29 is 15.3 Å². The average Bonchev–Trinajstić information content (AvgIpc) is 2.54. The molecule has 0 unspecified atom stereocenters. The van der Waals surface area contributed by atoms with E-state index in [1.807, 2.05) is 0 Å². The number of aliphatic hydroxyl groups is 3. The predicted molar refractivity (Wildman–Crippen MR) is 92.8 cm³/mol. The fourth-order valence-corrected chi connectivity index (χ4v) is 2.76. The van der Waals surface area contributed by atoms with Crippen LogP contribution in [0.25, 0.3) is 0 Å². The van der Waals surface area contributed by atoms with E-state index in [2.05, 4.69) is 6.92 Å². The molecule has 134 valence electrons. The quantitative estimate of drug-likeness (QED) is 0.329. The first-order valence-electron chi connectivity index (χ1n) is 9.36. The lowest BCUT2D eigenvalue weighted by molar-refractivity contribution is -0.0121. The minimum atomic E-state index is -1.02. The van der Waals surface area contributed by atoms with Gasteiger partial charge in [-0.2, -0.15) is 0 Å². The molecule has 0 fully saturated rings. The van der Waals surface area contributed by atoms with Crippen LogP contribution in [0.1, 0.15) is 90.4 Å². The van der Waals surface area contributed by atoms with Crippen LogP contribution in [0, 0.1) is 0 Å². The molecule has 0 aromatic rings. The SMILES string of the molecule is CCCCCCCCCCCCCC[C@H](O)[C@@H](O)[C@H](N)CO. The summed E-state index contributed by atoms with van der Waals surface area (Å²) in [6, 6.07) is -0.743. The fourth-order valence-electron chi connectivity index (χ4n) is 2.76. The zero-order chi connectivity index (χ0) is 16.6. The second-order valence-corrected chi connectivity index (χ2v) is 6.58. The number of unbranched alkanes of at least 4 members (excludes halogenated alkanes) is 11. The summed E-state index contributed by atoms with van der Waals surface area (Å²) in [5, 5.41) is 28.2. The summed E-state index contributed by atoms with van der Waals surface area (Å²) in [7, 11) is 0. The molecule has 0 aromatic heterocycles. The van der Waals surface area contributed by atoms with E-state index in [4.69, 9.17) is 10.8 Å². The molecule has 0 aliphatic rings. The highest BCUT2D eigenvalue weighted by molar-refractivity contribution is 4.77. The summed E-state index contributed by atoms with van der Waals surface area (Å²) in [6.45, 7) is 1.96. The molecule has 0 heterocycles. The van der Waals surface area contributed by atoms with E-state index in [1.165, 1.54) is 64.2 Å². The Kier molecular flexibility index (Phi) is 15.6. The van der Waals surface area contributed by atoms with Gasteiger partial charge >= 0.3 is 0 Å². The van der Waals surface area contributed by atoms with E-state index in [-0.39, 0.29) is 6.61 Å². The van der Waals surface area contributed by atoms with Gasteiger partial charge in [-0.1, -0.05) is 84.0 Å². The molecule has 0 saturated heterocycles. The van der Waals surface area contributed by atoms with Gasteiger partial charge in [-0.25, -0.2) is 0 Å². The van der Waals surface area contributed by atoms with Gasteiger partial charge in [0.1, 0.15) is 0 Å². The smallest absolute Gasteiger partial charge is 0.0971 e. The summed E-state index contributed by atoms with van der Waals surface area (Å²) in [5.74, 6) is 0. The van der Waals surface area contributed by atoms with Crippen molar-refractivity contribution in [3.63, 3.8) is 0 Å². The number of rotatable bonds is 16. The first kappa shape index (κ1) is 21.8. The summed E-state index contributed by atoms with van der Waals surface area (Å²) < 4.78 is 0. The summed E-state index contributed by atoms with van der Waals surface area (Å²) in [6.07, 6.45) is 14.1. The fraction of sp³-hybridized carbons (Fsp3) is 1.00. The molecule has 3 atom stereocenters. The minimum Gasteiger partial charge on any atom is -0.395 e. The largest absolute Gasteiger partial charge is 0.395 e. The molecule has 0 aliphatic heterocycles. The summed E-state index contributed by atoms with van der Waals surface area (Å²) >= 11 is 0. The van der Waals surface area contributed by atoms with Crippen LogP contribution in [-0.4, -0.2) is 40.2 Å². The van der Waals surface area contributed by atoms with Gasteiger partial charge in [-0.05, 0) is 6.42 Å². The molecule has 0 bridgehead atoms. The number of hydrogen-bond donors (Lipinski definition) is 4. The molecule has 0 spiro atoms. The normalized spacial score (nSPS) is 15.7. The zero-order valence-electron chi connectivity index (χ0n) is 14.6. The van der Waals surface area contributed by atoms with E-state index in [0.717, 1.165) is 12.8 Å². The van der Waals surface area contributed by atoms with Crippen molar-refractivity contribution >= 4 is 0 Å². The highest BCUT2D eigenvalue weighted by Crippen LogP contribution is 2.14. The molecule has 0 aromatic carbocycles. The first-order valence-corrected chi connectivity index (χ1v) is 9.36. The second-order valence-electron chi connectivity index (χ2n) is 6.58. The Hall–Kier alpha value is -0.160. The van der Waals surface area contributed by atoms with Crippen LogP contribution >= 0.6 is 0 Å². The van der Waals surface area contributed by atoms with Gasteiger partial charge in [0.25, 0.3) is 0 Å².